The summed E-state index contributed by atoms with van der Waals surface area (Å²) >= 11 is 0. The molecule has 0 saturated carbocycles. The first-order valence-electron chi connectivity index (χ1n) is 12.4. The van der Waals surface area contributed by atoms with Gasteiger partial charge in [-0.25, -0.2) is 4.79 Å². The van der Waals surface area contributed by atoms with E-state index in [4.69, 9.17) is 9.47 Å². The highest BCUT2D eigenvalue weighted by molar-refractivity contribution is 5.71. The van der Waals surface area contributed by atoms with Gasteiger partial charge in [-0.1, -0.05) is 94.8 Å². The van der Waals surface area contributed by atoms with Crippen molar-refractivity contribution in [3.8, 4) is 16.9 Å². The van der Waals surface area contributed by atoms with Crippen LogP contribution in [0.2, 0.25) is 0 Å². The molecule has 1 aliphatic rings. The van der Waals surface area contributed by atoms with Crippen LogP contribution in [-0.2, 0) is 4.74 Å². The lowest BCUT2D eigenvalue weighted by atomic mass is 9.83. The number of hydrogen-bond donors (Lipinski definition) is 0. The molecule has 3 heteroatoms. The lowest BCUT2D eigenvalue weighted by Gasteiger charge is -2.22. The van der Waals surface area contributed by atoms with E-state index < -0.39 is 6.16 Å². The van der Waals surface area contributed by atoms with Gasteiger partial charge in [-0.05, 0) is 66.0 Å². The highest BCUT2D eigenvalue weighted by Crippen LogP contribution is 2.34. The monoisotopic (exact) mass is 434 g/mol. The molecule has 3 rings (SSSR count). The molecule has 0 heterocycles. The minimum Gasteiger partial charge on any atom is -0.434 e. The van der Waals surface area contributed by atoms with E-state index in [1.807, 2.05) is 24.3 Å². The van der Waals surface area contributed by atoms with Crippen molar-refractivity contribution in [3.63, 3.8) is 0 Å². The molecule has 0 fully saturated rings. The summed E-state index contributed by atoms with van der Waals surface area (Å²) in [6.07, 6.45) is 14.3. The van der Waals surface area contributed by atoms with Gasteiger partial charge in [0.05, 0.1) is 6.61 Å². The van der Waals surface area contributed by atoms with Crippen molar-refractivity contribution >= 4 is 11.7 Å². The fourth-order valence-electron chi connectivity index (χ4n) is 4.29. The van der Waals surface area contributed by atoms with Crippen LogP contribution in [0.4, 0.5) is 4.79 Å². The molecule has 2 aromatic carbocycles. The molecule has 0 aliphatic heterocycles. The maximum atomic E-state index is 11.7. The van der Waals surface area contributed by atoms with E-state index in [1.54, 1.807) is 0 Å². The molecule has 0 aromatic heterocycles. The summed E-state index contributed by atoms with van der Waals surface area (Å²) in [6, 6.07) is 16.4. The summed E-state index contributed by atoms with van der Waals surface area (Å²) in [6.45, 7) is 4.73. The first kappa shape index (κ1) is 24.1. The van der Waals surface area contributed by atoms with Crippen molar-refractivity contribution in [1.29, 1.82) is 0 Å². The molecule has 0 radical (unpaired) electrons. The van der Waals surface area contributed by atoms with Crippen LogP contribution in [-0.4, -0.2) is 12.8 Å². The molecular formula is C29H38O3. The fourth-order valence-corrected chi connectivity index (χ4v) is 4.29. The van der Waals surface area contributed by atoms with Gasteiger partial charge in [0.25, 0.3) is 0 Å². The van der Waals surface area contributed by atoms with E-state index >= 15 is 0 Å². The molecule has 0 saturated heterocycles. The van der Waals surface area contributed by atoms with Crippen LogP contribution in [0, 0.1) is 5.92 Å². The smallest absolute Gasteiger partial charge is 0.434 e. The summed E-state index contributed by atoms with van der Waals surface area (Å²) in [7, 11) is 0. The normalized spacial score (nSPS) is 15.8. The Morgan fingerprint density at radius 3 is 2.12 bits per heavy atom. The van der Waals surface area contributed by atoms with Gasteiger partial charge in [0.15, 0.2) is 0 Å². The number of allylic oxidation sites excluding steroid dienone is 2. The summed E-state index contributed by atoms with van der Waals surface area (Å²) in [5, 5.41) is 0. The third-order valence-electron chi connectivity index (χ3n) is 6.35. The van der Waals surface area contributed by atoms with E-state index in [-0.39, 0.29) is 0 Å². The zero-order valence-corrected chi connectivity index (χ0v) is 19.8. The highest BCUT2D eigenvalue weighted by Gasteiger charge is 2.15. The van der Waals surface area contributed by atoms with Crippen molar-refractivity contribution in [3.05, 3.63) is 60.2 Å². The molecule has 0 bridgehead atoms. The van der Waals surface area contributed by atoms with Crippen LogP contribution >= 0.6 is 0 Å². The molecule has 0 N–H and O–H groups in total. The van der Waals surface area contributed by atoms with Gasteiger partial charge in [-0.3, -0.25) is 0 Å². The van der Waals surface area contributed by atoms with Crippen LogP contribution in [0.25, 0.3) is 16.7 Å². The molecule has 3 nitrogen and oxygen atoms in total. The summed E-state index contributed by atoms with van der Waals surface area (Å²) in [5.41, 5.74) is 5.10. The van der Waals surface area contributed by atoms with Crippen molar-refractivity contribution in [2.75, 3.05) is 6.61 Å². The van der Waals surface area contributed by atoms with Crippen LogP contribution in [0.15, 0.2) is 54.6 Å². The van der Waals surface area contributed by atoms with E-state index in [0.717, 1.165) is 29.9 Å². The average Bonchev–Trinajstić information content (AvgIpc) is 2.83. The second-order valence-corrected chi connectivity index (χ2v) is 8.87. The molecule has 1 unspecified atom stereocenters. The maximum absolute atomic E-state index is 11.7. The van der Waals surface area contributed by atoms with E-state index in [0.29, 0.717) is 12.4 Å². The average molecular weight is 435 g/mol. The van der Waals surface area contributed by atoms with Crippen LogP contribution in [0.5, 0.6) is 5.75 Å². The van der Waals surface area contributed by atoms with Crippen molar-refractivity contribution in [2.24, 2.45) is 5.92 Å². The molecule has 0 spiro atoms. The Balaban J connectivity index is 1.51. The molecule has 2 aromatic rings. The summed E-state index contributed by atoms with van der Waals surface area (Å²) in [4.78, 5) is 11.7. The number of benzene rings is 2. The molecular weight excluding hydrogens is 396 g/mol. The lowest BCUT2D eigenvalue weighted by Crippen LogP contribution is -2.11. The minimum absolute atomic E-state index is 0.399. The summed E-state index contributed by atoms with van der Waals surface area (Å²) < 4.78 is 10.3. The Bertz CT molecular complexity index is 849. The highest BCUT2D eigenvalue weighted by atomic mass is 16.7. The van der Waals surface area contributed by atoms with E-state index in [1.165, 1.54) is 62.5 Å². The summed E-state index contributed by atoms with van der Waals surface area (Å²) in [5.74, 6) is 1.38. The Morgan fingerprint density at radius 2 is 1.50 bits per heavy atom. The van der Waals surface area contributed by atoms with Crippen molar-refractivity contribution in [1.82, 2.24) is 0 Å². The number of rotatable bonds is 11. The van der Waals surface area contributed by atoms with Gasteiger partial charge < -0.3 is 9.47 Å². The van der Waals surface area contributed by atoms with Gasteiger partial charge in [0, 0.05) is 0 Å². The van der Waals surface area contributed by atoms with Gasteiger partial charge in [0.1, 0.15) is 5.75 Å². The van der Waals surface area contributed by atoms with Crippen molar-refractivity contribution < 1.29 is 14.3 Å². The second kappa shape index (κ2) is 13.1. The van der Waals surface area contributed by atoms with E-state index in [9.17, 15) is 4.79 Å². The Labute approximate surface area is 193 Å². The van der Waals surface area contributed by atoms with Crippen LogP contribution in [0.1, 0.15) is 83.6 Å². The zero-order chi connectivity index (χ0) is 22.6. The van der Waals surface area contributed by atoms with Crippen LogP contribution in [0.3, 0.4) is 0 Å². The topological polar surface area (TPSA) is 35.5 Å². The molecule has 32 heavy (non-hydrogen) atoms. The van der Waals surface area contributed by atoms with Gasteiger partial charge >= 0.3 is 6.16 Å². The lowest BCUT2D eigenvalue weighted by molar-refractivity contribution is 0.0978. The van der Waals surface area contributed by atoms with E-state index in [2.05, 4.69) is 44.2 Å². The SMILES string of the molecule is CCCCCCC1CC=C(c2ccc(-c3ccc(OC(=O)OCCCC)cc3)cc2)CC1. The largest absolute Gasteiger partial charge is 0.513 e. The fraction of sp³-hybridized carbons (Fsp3) is 0.483. The number of ether oxygens (including phenoxy) is 2. The first-order chi connectivity index (χ1) is 15.7. The molecule has 1 atom stereocenters. The number of unbranched alkanes of at least 4 members (excludes halogenated alkanes) is 4. The first-order valence-corrected chi connectivity index (χ1v) is 12.4. The predicted octanol–water partition coefficient (Wildman–Crippen LogP) is 8.82. The van der Waals surface area contributed by atoms with Crippen LogP contribution < -0.4 is 4.74 Å². The Hall–Kier alpha value is -2.55. The van der Waals surface area contributed by atoms with Gasteiger partial charge in [-0.15, -0.1) is 0 Å². The number of hydrogen-bond acceptors (Lipinski definition) is 3. The molecule has 172 valence electrons. The number of carbonyl (C=O) groups is 1. The third-order valence-corrected chi connectivity index (χ3v) is 6.35. The molecule has 0 amide bonds. The standard InChI is InChI=1S/C29H38O3/c1-3-5-7-8-9-23-10-12-24(13-11-23)25-14-16-26(17-15-25)27-18-20-28(21-19-27)32-29(30)31-22-6-4-2/h12,14-21,23H,3-11,13,22H2,1-2H3. The predicted molar refractivity (Wildman–Crippen MR) is 133 cm³/mol. The van der Waals surface area contributed by atoms with Crippen molar-refractivity contribution in [2.45, 2.75) is 78.1 Å². The maximum Gasteiger partial charge on any atom is 0.513 e. The second-order valence-electron chi connectivity index (χ2n) is 8.87. The quantitative estimate of drug-likeness (QED) is 0.201. The minimum atomic E-state index is -0.639. The van der Waals surface area contributed by atoms with Gasteiger partial charge in [0.2, 0.25) is 0 Å². The Morgan fingerprint density at radius 1 is 0.844 bits per heavy atom. The zero-order valence-electron chi connectivity index (χ0n) is 19.8. The Kier molecular flexibility index (Phi) is 9.87. The molecule has 1 aliphatic carbocycles. The third kappa shape index (κ3) is 7.55. The number of carbonyl (C=O) groups excluding carboxylic acids is 1. The van der Waals surface area contributed by atoms with Gasteiger partial charge in [-0.2, -0.15) is 0 Å².